The van der Waals surface area contributed by atoms with Crippen molar-refractivity contribution in [3.63, 3.8) is 0 Å². The van der Waals surface area contributed by atoms with E-state index in [1.54, 1.807) is 0 Å². The van der Waals surface area contributed by atoms with E-state index in [2.05, 4.69) is 0 Å². The van der Waals surface area contributed by atoms with Crippen LogP contribution in [0.15, 0.2) is 18.2 Å². The lowest BCUT2D eigenvalue weighted by molar-refractivity contribution is -0.162. The van der Waals surface area contributed by atoms with Crippen LogP contribution in [0.3, 0.4) is 0 Å². The summed E-state index contributed by atoms with van der Waals surface area (Å²) in [5, 5.41) is 64.6. The van der Waals surface area contributed by atoms with E-state index in [0.717, 1.165) is 24.3 Å². The summed E-state index contributed by atoms with van der Waals surface area (Å²) in [5.74, 6) is 0. The Balaban J connectivity index is 3.40. The summed E-state index contributed by atoms with van der Waals surface area (Å²) in [6, 6.07) is 11.5. The molecule has 0 amide bonds. The van der Waals surface area contributed by atoms with Crippen molar-refractivity contribution in [2.75, 3.05) is 0 Å². The summed E-state index contributed by atoms with van der Waals surface area (Å²) >= 11 is 0. The molecule has 13 heteroatoms. The first-order valence-corrected chi connectivity index (χ1v) is 8.94. The topological polar surface area (TPSA) is 167 Å². The summed E-state index contributed by atoms with van der Waals surface area (Å²) in [4.78, 5) is 0. The second kappa shape index (κ2) is 9.59. The molecule has 2 rings (SSSR count). The van der Waals surface area contributed by atoms with E-state index in [1.165, 1.54) is 30.3 Å². The zero-order valence-corrected chi connectivity index (χ0v) is 17.1. The predicted octanol–water partition coefficient (Wildman–Crippen LogP) is 3.13. The van der Waals surface area contributed by atoms with Crippen LogP contribution in [0.25, 0.3) is 11.1 Å². The normalized spacial score (nSPS) is 11.3. The number of rotatable bonds is 1. The molecule has 0 unspecified atom stereocenters. The van der Waals surface area contributed by atoms with Gasteiger partial charge in [0.05, 0.1) is 45.0 Å². The van der Waals surface area contributed by atoms with E-state index in [-0.39, 0.29) is 11.3 Å². The SMILES string of the molecule is N#CC(C#N)=c1cc/c(=C(/C#N)c2cc(C#N)c(C(F)(F)F)c(C(F)(F)F)c2C#N)c(C#N)c1C#N. The van der Waals surface area contributed by atoms with Crippen molar-refractivity contribution in [2.45, 2.75) is 12.4 Å². The largest absolute Gasteiger partial charge is 0.418 e. The van der Waals surface area contributed by atoms with Crippen LogP contribution >= 0.6 is 0 Å². The van der Waals surface area contributed by atoms with Gasteiger partial charge in [0, 0.05) is 16.0 Å². The van der Waals surface area contributed by atoms with Crippen molar-refractivity contribution in [3.05, 3.63) is 67.6 Å². The van der Waals surface area contributed by atoms with E-state index in [9.17, 15) is 47.4 Å². The standard InChI is InChI=1S/C23H3F6N7/c24-22(25,26)20-11(4-30)3-15(19(10-36)21(20)23(27,28)29)17(8-34)14-2-1-13(12(5-31)6-32)16(7-33)18(14)9-35/h1-3H/b17-14+. The highest BCUT2D eigenvalue weighted by Crippen LogP contribution is 2.45. The van der Waals surface area contributed by atoms with Gasteiger partial charge in [-0.1, -0.05) is 12.1 Å². The fraction of sp³-hybridized carbons (Fsp3) is 0.0870. The Kier molecular flexibility index (Phi) is 7.04. The Bertz CT molecular complexity index is 1720. The van der Waals surface area contributed by atoms with E-state index < -0.39 is 67.7 Å². The Hall–Kier alpha value is -5.81. The molecule has 0 bridgehead atoms. The van der Waals surface area contributed by atoms with E-state index >= 15 is 0 Å². The van der Waals surface area contributed by atoms with Crippen molar-refractivity contribution in [1.29, 1.82) is 36.8 Å². The van der Waals surface area contributed by atoms with Crippen LogP contribution < -0.4 is 10.4 Å². The molecule has 7 nitrogen and oxygen atoms in total. The molecule has 0 aromatic heterocycles. The molecule has 0 aliphatic carbocycles. The number of hydrogen-bond donors (Lipinski definition) is 0. The van der Waals surface area contributed by atoms with Gasteiger partial charge in [0.1, 0.15) is 42.0 Å². The molecule has 0 saturated heterocycles. The molecule has 0 atom stereocenters. The van der Waals surface area contributed by atoms with Crippen molar-refractivity contribution in [1.82, 2.24) is 0 Å². The molecule has 0 saturated carbocycles. The summed E-state index contributed by atoms with van der Waals surface area (Å²) in [6.07, 6.45) is -11.5. The Labute approximate surface area is 197 Å². The van der Waals surface area contributed by atoms with Crippen LogP contribution in [0.5, 0.6) is 0 Å². The van der Waals surface area contributed by atoms with Gasteiger partial charge in [-0.25, -0.2) is 0 Å². The van der Waals surface area contributed by atoms with Crippen molar-refractivity contribution >= 4 is 11.1 Å². The summed E-state index contributed by atoms with van der Waals surface area (Å²) in [6.45, 7) is 0. The lowest BCUT2D eigenvalue weighted by Crippen LogP contribution is -2.24. The fourth-order valence-corrected chi connectivity index (χ4v) is 3.32. The van der Waals surface area contributed by atoms with E-state index in [1.807, 2.05) is 0 Å². The monoisotopic (exact) mass is 491 g/mol. The summed E-state index contributed by atoms with van der Waals surface area (Å²) in [5.41, 5.74) is -12.0. The lowest BCUT2D eigenvalue weighted by Gasteiger charge is -2.20. The average molecular weight is 491 g/mol. The van der Waals surface area contributed by atoms with Crippen LogP contribution in [0.4, 0.5) is 26.3 Å². The second-order valence-corrected chi connectivity index (χ2v) is 6.54. The molecule has 0 aliphatic rings. The van der Waals surface area contributed by atoms with Crippen LogP contribution in [0, 0.1) is 79.3 Å². The van der Waals surface area contributed by atoms with Gasteiger partial charge in [0.2, 0.25) is 0 Å². The van der Waals surface area contributed by atoms with Gasteiger partial charge < -0.3 is 0 Å². The Morgan fingerprint density at radius 3 is 1.44 bits per heavy atom. The van der Waals surface area contributed by atoms with Crippen molar-refractivity contribution < 1.29 is 26.3 Å². The maximum atomic E-state index is 13.8. The minimum atomic E-state index is -5.79. The lowest BCUT2D eigenvalue weighted by atomic mass is 9.87. The van der Waals surface area contributed by atoms with Crippen LogP contribution in [-0.2, 0) is 12.4 Å². The van der Waals surface area contributed by atoms with Gasteiger partial charge in [-0.2, -0.15) is 63.2 Å². The van der Waals surface area contributed by atoms with Gasteiger partial charge in [0.15, 0.2) is 0 Å². The molecule has 0 radical (unpaired) electrons. The number of nitrogens with zero attached hydrogens (tertiary/aromatic N) is 7. The molecule has 0 aliphatic heterocycles. The third-order valence-electron chi connectivity index (χ3n) is 4.70. The van der Waals surface area contributed by atoms with Gasteiger partial charge in [-0.15, -0.1) is 0 Å². The Morgan fingerprint density at radius 1 is 0.583 bits per heavy atom. The number of nitriles is 7. The quantitative estimate of drug-likeness (QED) is 0.552. The fourth-order valence-electron chi connectivity index (χ4n) is 3.32. The molecule has 0 fully saturated rings. The third-order valence-corrected chi connectivity index (χ3v) is 4.70. The first-order chi connectivity index (χ1) is 16.9. The number of alkyl halides is 6. The molecular weight excluding hydrogens is 488 g/mol. The zero-order chi connectivity index (χ0) is 27.4. The molecule has 2 aromatic carbocycles. The van der Waals surface area contributed by atoms with E-state index in [4.69, 9.17) is 15.8 Å². The first kappa shape index (κ1) is 26.4. The highest BCUT2D eigenvalue weighted by atomic mass is 19.4. The molecule has 172 valence electrons. The maximum Gasteiger partial charge on any atom is 0.418 e. The number of benzene rings is 2. The van der Waals surface area contributed by atoms with Gasteiger partial charge in [-0.3, -0.25) is 0 Å². The van der Waals surface area contributed by atoms with Gasteiger partial charge >= 0.3 is 12.4 Å². The smallest absolute Gasteiger partial charge is 0.192 e. The summed E-state index contributed by atoms with van der Waals surface area (Å²) < 4.78 is 81.8. The molecule has 0 spiro atoms. The number of hydrogen-bond acceptors (Lipinski definition) is 7. The third kappa shape index (κ3) is 4.35. The minimum Gasteiger partial charge on any atom is -0.192 e. The first-order valence-electron chi connectivity index (χ1n) is 8.94. The molecule has 2 aromatic rings. The minimum absolute atomic E-state index is 0.262. The summed E-state index contributed by atoms with van der Waals surface area (Å²) in [7, 11) is 0. The molecule has 0 N–H and O–H groups in total. The van der Waals surface area contributed by atoms with Gasteiger partial charge in [0.25, 0.3) is 0 Å². The molecular formula is C23H3F6N7. The Morgan fingerprint density at radius 2 is 1.06 bits per heavy atom. The van der Waals surface area contributed by atoms with Crippen molar-refractivity contribution in [2.24, 2.45) is 0 Å². The second-order valence-electron chi connectivity index (χ2n) is 6.54. The molecule has 0 heterocycles. The highest BCUT2D eigenvalue weighted by molar-refractivity contribution is 5.84. The van der Waals surface area contributed by atoms with Crippen LogP contribution in [0.1, 0.15) is 38.9 Å². The van der Waals surface area contributed by atoms with E-state index in [0.29, 0.717) is 0 Å². The highest BCUT2D eigenvalue weighted by Gasteiger charge is 2.48. The maximum absolute atomic E-state index is 13.8. The van der Waals surface area contributed by atoms with Crippen LogP contribution in [0.2, 0.25) is 0 Å². The number of halogens is 6. The van der Waals surface area contributed by atoms with Crippen molar-refractivity contribution in [3.8, 4) is 42.5 Å². The molecule has 36 heavy (non-hydrogen) atoms. The zero-order valence-electron chi connectivity index (χ0n) is 17.1. The van der Waals surface area contributed by atoms with Crippen LogP contribution in [-0.4, -0.2) is 0 Å². The average Bonchev–Trinajstić information content (AvgIpc) is 2.83. The predicted molar refractivity (Wildman–Crippen MR) is 104 cm³/mol. The van der Waals surface area contributed by atoms with Gasteiger partial charge in [-0.05, 0) is 6.07 Å².